The molecule has 0 saturated carbocycles. The number of carbonyl (C=O) groups is 2. The summed E-state index contributed by atoms with van der Waals surface area (Å²) in [4.78, 5) is 32.2. The van der Waals surface area contributed by atoms with E-state index in [0.717, 1.165) is 16.8 Å². The summed E-state index contributed by atoms with van der Waals surface area (Å²) in [6, 6.07) is 11.5. The predicted octanol–water partition coefficient (Wildman–Crippen LogP) is 2.96. The molecule has 1 fully saturated rings. The number of pyridine rings is 1. The maximum absolute atomic E-state index is 12.8. The van der Waals surface area contributed by atoms with Gasteiger partial charge in [0.15, 0.2) is 0 Å². The van der Waals surface area contributed by atoms with Crippen LogP contribution in [0.25, 0.3) is 16.8 Å². The molecule has 4 rings (SSSR count). The Labute approximate surface area is 162 Å². The van der Waals surface area contributed by atoms with E-state index in [1.807, 2.05) is 47.0 Å². The molecule has 6 nitrogen and oxygen atoms in total. The van der Waals surface area contributed by atoms with Crippen LogP contribution in [0.2, 0.25) is 5.02 Å². The first-order valence-electron chi connectivity index (χ1n) is 8.81. The first kappa shape index (κ1) is 17.5. The maximum atomic E-state index is 12.8. The van der Waals surface area contributed by atoms with Gasteiger partial charge in [-0.2, -0.15) is 0 Å². The van der Waals surface area contributed by atoms with E-state index >= 15 is 0 Å². The molecule has 0 unspecified atom stereocenters. The monoisotopic (exact) mass is 382 g/mol. The zero-order chi connectivity index (χ0) is 19.0. The number of hydrogen-bond acceptors (Lipinski definition) is 3. The summed E-state index contributed by atoms with van der Waals surface area (Å²) in [6.07, 6.45) is 3.71. The van der Waals surface area contributed by atoms with E-state index in [0.29, 0.717) is 36.9 Å². The molecule has 3 heterocycles. The molecule has 0 N–H and O–H groups in total. The molecule has 138 valence electrons. The Kier molecular flexibility index (Phi) is 4.58. The number of halogens is 1. The Balaban J connectivity index is 1.55. The molecular weight excluding hydrogens is 364 g/mol. The smallest absolute Gasteiger partial charge is 0.274 e. The van der Waals surface area contributed by atoms with Gasteiger partial charge in [0.25, 0.3) is 5.91 Å². The van der Waals surface area contributed by atoms with Crippen LogP contribution >= 0.6 is 11.6 Å². The van der Waals surface area contributed by atoms with Crippen LogP contribution in [0.15, 0.2) is 48.8 Å². The van der Waals surface area contributed by atoms with E-state index in [1.165, 1.54) is 0 Å². The Bertz CT molecular complexity index is 1000. The Hall–Kier alpha value is -2.86. The largest absolute Gasteiger partial charge is 0.339 e. The summed E-state index contributed by atoms with van der Waals surface area (Å²) in [5.74, 6) is -0.0560. The summed E-state index contributed by atoms with van der Waals surface area (Å²) in [5, 5.41) is 0.695. The molecule has 1 aromatic carbocycles. The van der Waals surface area contributed by atoms with Crippen LogP contribution in [0.5, 0.6) is 0 Å². The van der Waals surface area contributed by atoms with E-state index < -0.39 is 0 Å². The van der Waals surface area contributed by atoms with Crippen LogP contribution in [-0.4, -0.2) is 57.2 Å². The first-order valence-corrected chi connectivity index (χ1v) is 9.18. The number of amides is 2. The van der Waals surface area contributed by atoms with Crippen molar-refractivity contribution in [2.75, 3.05) is 26.2 Å². The summed E-state index contributed by atoms with van der Waals surface area (Å²) < 4.78 is 1.86. The van der Waals surface area contributed by atoms with Gasteiger partial charge in [-0.25, -0.2) is 4.98 Å². The summed E-state index contributed by atoms with van der Waals surface area (Å²) in [5.41, 5.74) is 3.20. The second-order valence-corrected chi connectivity index (χ2v) is 7.05. The van der Waals surface area contributed by atoms with Crippen LogP contribution in [0.1, 0.15) is 17.4 Å². The molecule has 0 bridgehead atoms. The lowest BCUT2D eigenvalue weighted by Gasteiger charge is -2.33. The zero-order valence-electron chi connectivity index (χ0n) is 14.9. The molecule has 2 amide bonds. The molecule has 2 aromatic heterocycles. The number of piperazine rings is 1. The fraction of sp³-hybridized carbons (Fsp3) is 0.250. The lowest BCUT2D eigenvalue weighted by atomic mass is 10.1. The van der Waals surface area contributed by atoms with Gasteiger partial charge >= 0.3 is 0 Å². The molecule has 0 aliphatic carbocycles. The fourth-order valence-corrected chi connectivity index (χ4v) is 3.42. The average Bonchev–Trinajstić information content (AvgIpc) is 3.11. The zero-order valence-corrected chi connectivity index (χ0v) is 15.7. The molecular formula is C20H19ClN4O2. The molecule has 27 heavy (non-hydrogen) atoms. The van der Waals surface area contributed by atoms with Crippen LogP contribution < -0.4 is 0 Å². The highest BCUT2D eigenvalue weighted by Crippen LogP contribution is 2.22. The van der Waals surface area contributed by atoms with Crippen LogP contribution in [0, 0.1) is 0 Å². The van der Waals surface area contributed by atoms with Gasteiger partial charge in [-0.1, -0.05) is 23.7 Å². The summed E-state index contributed by atoms with van der Waals surface area (Å²) >= 11 is 5.95. The van der Waals surface area contributed by atoms with Gasteiger partial charge in [0.05, 0.1) is 0 Å². The topological polar surface area (TPSA) is 57.9 Å². The molecule has 0 radical (unpaired) electrons. The van der Waals surface area contributed by atoms with E-state index in [-0.39, 0.29) is 11.8 Å². The fourth-order valence-electron chi connectivity index (χ4n) is 3.29. The van der Waals surface area contributed by atoms with Crippen molar-refractivity contribution in [2.24, 2.45) is 0 Å². The van der Waals surface area contributed by atoms with Crippen molar-refractivity contribution >= 4 is 29.1 Å². The SMILES string of the molecule is CC(=O)N1CCN(C(=O)c2cn3cc(-c4ccc(Cl)cc4)ccc3n2)CC1. The second kappa shape index (κ2) is 7.04. The van der Waals surface area contributed by atoms with Gasteiger partial charge < -0.3 is 14.2 Å². The van der Waals surface area contributed by atoms with Crippen molar-refractivity contribution in [1.82, 2.24) is 19.2 Å². The lowest BCUT2D eigenvalue weighted by Crippen LogP contribution is -2.50. The molecule has 3 aromatic rings. The van der Waals surface area contributed by atoms with E-state index in [1.54, 1.807) is 22.9 Å². The molecule has 1 aliphatic heterocycles. The minimum atomic E-state index is -0.102. The molecule has 1 saturated heterocycles. The predicted molar refractivity (Wildman–Crippen MR) is 104 cm³/mol. The second-order valence-electron chi connectivity index (χ2n) is 6.61. The minimum Gasteiger partial charge on any atom is -0.339 e. The molecule has 0 spiro atoms. The van der Waals surface area contributed by atoms with E-state index in [9.17, 15) is 9.59 Å². The van der Waals surface area contributed by atoms with Gasteiger partial charge in [-0.05, 0) is 35.4 Å². The third-order valence-corrected chi connectivity index (χ3v) is 5.11. The third-order valence-electron chi connectivity index (χ3n) is 4.86. The Morgan fingerprint density at radius 3 is 2.19 bits per heavy atom. The van der Waals surface area contributed by atoms with Crippen molar-refractivity contribution < 1.29 is 9.59 Å². The highest BCUT2D eigenvalue weighted by Gasteiger charge is 2.24. The quantitative estimate of drug-likeness (QED) is 0.684. The van der Waals surface area contributed by atoms with Crippen molar-refractivity contribution in [3.05, 3.63) is 59.5 Å². The lowest BCUT2D eigenvalue weighted by molar-refractivity contribution is -0.130. The van der Waals surface area contributed by atoms with Crippen molar-refractivity contribution in [3.63, 3.8) is 0 Å². The Morgan fingerprint density at radius 2 is 1.52 bits per heavy atom. The summed E-state index contributed by atoms with van der Waals surface area (Å²) in [7, 11) is 0. The number of imidazole rings is 1. The maximum Gasteiger partial charge on any atom is 0.274 e. The number of carbonyl (C=O) groups excluding carboxylic acids is 2. The van der Waals surface area contributed by atoms with Gasteiger partial charge in [0.2, 0.25) is 5.91 Å². The number of fused-ring (bicyclic) bond motifs is 1. The van der Waals surface area contributed by atoms with Crippen LogP contribution in [0.4, 0.5) is 0 Å². The third kappa shape index (κ3) is 3.53. The summed E-state index contributed by atoms with van der Waals surface area (Å²) in [6.45, 7) is 3.74. The standard InChI is InChI=1S/C20H19ClN4O2/c1-14(26)23-8-10-24(11-9-23)20(27)18-13-25-12-16(4-7-19(25)22-18)15-2-5-17(21)6-3-15/h2-7,12-13H,8-11H2,1H3. The van der Waals surface area contributed by atoms with Crippen LogP contribution in [0.3, 0.4) is 0 Å². The van der Waals surface area contributed by atoms with Gasteiger partial charge in [-0.15, -0.1) is 0 Å². The average molecular weight is 383 g/mol. The first-order chi connectivity index (χ1) is 13.0. The number of benzene rings is 1. The van der Waals surface area contributed by atoms with Crippen LogP contribution in [-0.2, 0) is 4.79 Å². The molecule has 0 atom stereocenters. The number of nitrogens with zero attached hydrogens (tertiary/aromatic N) is 4. The molecule has 7 heteroatoms. The van der Waals surface area contributed by atoms with Gasteiger partial charge in [-0.3, -0.25) is 9.59 Å². The van der Waals surface area contributed by atoms with Crippen molar-refractivity contribution in [1.29, 1.82) is 0 Å². The highest BCUT2D eigenvalue weighted by molar-refractivity contribution is 6.30. The van der Waals surface area contributed by atoms with E-state index in [2.05, 4.69) is 4.98 Å². The number of aromatic nitrogens is 2. The number of hydrogen-bond donors (Lipinski definition) is 0. The minimum absolute atomic E-state index is 0.0459. The van der Waals surface area contributed by atoms with E-state index in [4.69, 9.17) is 11.6 Å². The highest BCUT2D eigenvalue weighted by atomic mass is 35.5. The normalized spacial score (nSPS) is 14.6. The van der Waals surface area contributed by atoms with Gasteiger partial charge in [0, 0.05) is 50.5 Å². The Morgan fingerprint density at radius 1 is 0.889 bits per heavy atom. The van der Waals surface area contributed by atoms with Crippen molar-refractivity contribution in [3.8, 4) is 11.1 Å². The van der Waals surface area contributed by atoms with Gasteiger partial charge in [0.1, 0.15) is 11.3 Å². The number of rotatable bonds is 2. The van der Waals surface area contributed by atoms with Crippen molar-refractivity contribution in [2.45, 2.75) is 6.92 Å². The molecule has 1 aliphatic rings.